The van der Waals surface area contributed by atoms with Crippen LogP contribution in [0.15, 0.2) is 18.2 Å². The first-order chi connectivity index (χ1) is 11.8. The molecular weight excluding hydrogens is 334 g/mol. The number of halogens is 2. The number of nitrogens with zero attached hydrogens (tertiary/aromatic N) is 1. The Morgan fingerprint density at radius 1 is 1.24 bits per heavy atom. The SMILES string of the molecule is O=C(NC1(C(=O)O)CCCC1)C1CC(=O)N(c2ccc(F)cc2F)C1. The summed E-state index contributed by atoms with van der Waals surface area (Å²) in [6.07, 6.45) is 1.99. The number of rotatable bonds is 4. The van der Waals surface area contributed by atoms with Crippen molar-refractivity contribution in [2.75, 3.05) is 11.4 Å². The Balaban J connectivity index is 1.73. The van der Waals surface area contributed by atoms with Gasteiger partial charge in [-0.05, 0) is 25.0 Å². The van der Waals surface area contributed by atoms with Gasteiger partial charge in [0.25, 0.3) is 0 Å². The molecule has 3 rings (SSSR count). The van der Waals surface area contributed by atoms with E-state index in [1.807, 2.05) is 0 Å². The fourth-order valence-electron chi connectivity index (χ4n) is 3.52. The molecule has 25 heavy (non-hydrogen) atoms. The van der Waals surface area contributed by atoms with Gasteiger partial charge in [0.2, 0.25) is 11.8 Å². The third-order valence-electron chi connectivity index (χ3n) is 4.93. The van der Waals surface area contributed by atoms with E-state index in [9.17, 15) is 28.3 Å². The molecule has 1 aliphatic carbocycles. The number of carboxylic acid groups (broad SMARTS) is 1. The van der Waals surface area contributed by atoms with Crippen LogP contribution < -0.4 is 10.2 Å². The zero-order chi connectivity index (χ0) is 18.2. The first kappa shape index (κ1) is 17.3. The molecule has 1 saturated heterocycles. The quantitative estimate of drug-likeness (QED) is 0.866. The number of benzene rings is 1. The molecule has 1 atom stereocenters. The van der Waals surface area contributed by atoms with E-state index in [2.05, 4.69) is 5.32 Å². The van der Waals surface area contributed by atoms with Crippen molar-refractivity contribution in [1.29, 1.82) is 0 Å². The Hall–Kier alpha value is -2.51. The summed E-state index contributed by atoms with van der Waals surface area (Å²) in [6.45, 7) is -0.0665. The molecule has 1 unspecified atom stereocenters. The fourth-order valence-corrected chi connectivity index (χ4v) is 3.52. The van der Waals surface area contributed by atoms with Gasteiger partial charge in [-0.3, -0.25) is 9.59 Å². The van der Waals surface area contributed by atoms with Gasteiger partial charge in [0.1, 0.15) is 17.2 Å². The smallest absolute Gasteiger partial charge is 0.329 e. The van der Waals surface area contributed by atoms with Crippen LogP contribution in [0.1, 0.15) is 32.1 Å². The van der Waals surface area contributed by atoms with Crippen molar-refractivity contribution < 1.29 is 28.3 Å². The topological polar surface area (TPSA) is 86.7 Å². The lowest BCUT2D eigenvalue weighted by Crippen LogP contribution is -2.54. The molecule has 2 fully saturated rings. The molecule has 1 heterocycles. The molecule has 134 valence electrons. The Labute approximate surface area is 142 Å². The number of anilines is 1. The second kappa shape index (κ2) is 6.42. The van der Waals surface area contributed by atoms with Gasteiger partial charge in [0.05, 0.1) is 11.6 Å². The molecule has 8 heteroatoms. The summed E-state index contributed by atoms with van der Waals surface area (Å²) >= 11 is 0. The summed E-state index contributed by atoms with van der Waals surface area (Å²) in [6, 6.07) is 2.86. The molecule has 2 N–H and O–H groups in total. The summed E-state index contributed by atoms with van der Waals surface area (Å²) in [5.41, 5.74) is -1.37. The molecule has 2 amide bonds. The predicted octanol–water partition coefficient (Wildman–Crippen LogP) is 1.83. The highest BCUT2D eigenvalue weighted by Gasteiger charge is 2.45. The van der Waals surface area contributed by atoms with E-state index in [4.69, 9.17) is 0 Å². The van der Waals surface area contributed by atoms with Crippen LogP contribution in [0.2, 0.25) is 0 Å². The second-order valence-electron chi connectivity index (χ2n) is 6.58. The van der Waals surface area contributed by atoms with Crippen molar-refractivity contribution >= 4 is 23.5 Å². The predicted molar refractivity (Wildman–Crippen MR) is 83.8 cm³/mol. The molecular formula is C17H18F2N2O4. The lowest BCUT2D eigenvalue weighted by Gasteiger charge is -2.27. The van der Waals surface area contributed by atoms with Gasteiger partial charge in [-0.25, -0.2) is 13.6 Å². The third kappa shape index (κ3) is 3.20. The Morgan fingerprint density at radius 2 is 1.92 bits per heavy atom. The van der Waals surface area contributed by atoms with Crippen LogP contribution in [0.5, 0.6) is 0 Å². The summed E-state index contributed by atoms with van der Waals surface area (Å²) in [5.74, 6) is -4.47. The van der Waals surface area contributed by atoms with Crippen LogP contribution in [0.25, 0.3) is 0 Å². The number of hydrogen-bond acceptors (Lipinski definition) is 3. The van der Waals surface area contributed by atoms with Crippen molar-refractivity contribution in [1.82, 2.24) is 5.32 Å². The van der Waals surface area contributed by atoms with Crippen LogP contribution in [0.3, 0.4) is 0 Å². The highest BCUT2D eigenvalue weighted by molar-refractivity contribution is 6.01. The Bertz CT molecular complexity index is 731. The van der Waals surface area contributed by atoms with Crippen molar-refractivity contribution in [2.45, 2.75) is 37.6 Å². The van der Waals surface area contributed by atoms with Crippen molar-refractivity contribution in [2.24, 2.45) is 5.92 Å². The van der Waals surface area contributed by atoms with Crippen molar-refractivity contribution in [3.05, 3.63) is 29.8 Å². The number of hydrogen-bond donors (Lipinski definition) is 2. The van der Waals surface area contributed by atoms with Gasteiger partial charge in [-0.15, -0.1) is 0 Å². The Kier molecular flexibility index (Phi) is 4.45. The maximum absolute atomic E-state index is 13.9. The van der Waals surface area contributed by atoms with E-state index in [0.717, 1.165) is 17.0 Å². The highest BCUT2D eigenvalue weighted by atomic mass is 19.1. The zero-order valence-electron chi connectivity index (χ0n) is 13.4. The van der Waals surface area contributed by atoms with Crippen LogP contribution in [0, 0.1) is 17.6 Å². The van der Waals surface area contributed by atoms with Gasteiger partial charge >= 0.3 is 5.97 Å². The summed E-state index contributed by atoms with van der Waals surface area (Å²) < 4.78 is 26.9. The van der Waals surface area contributed by atoms with E-state index in [1.165, 1.54) is 0 Å². The number of carboxylic acids is 1. The number of amides is 2. The summed E-state index contributed by atoms with van der Waals surface area (Å²) in [4.78, 5) is 37.2. The minimum absolute atomic E-state index is 0.0665. The second-order valence-corrected chi connectivity index (χ2v) is 6.58. The van der Waals surface area contributed by atoms with Crippen molar-refractivity contribution in [3.63, 3.8) is 0 Å². The molecule has 0 aromatic heterocycles. The van der Waals surface area contributed by atoms with Crippen LogP contribution >= 0.6 is 0 Å². The molecule has 1 aromatic carbocycles. The Morgan fingerprint density at radius 3 is 2.52 bits per heavy atom. The number of nitrogens with one attached hydrogen (secondary N) is 1. The van der Waals surface area contributed by atoms with E-state index in [0.29, 0.717) is 31.7 Å². The third-order valence-corrected chi connectivity index (χ3v) is 4.93. The minimum atomic E-state index is -1.28. The van der Waals surface area contributed by atoms with Gasteiger partial charge in [0, 0.05) is 19.0 Å². The summed E-state index contributed by atoms with van der Waals surface area (Å²) in [7, 11) is 0. The maximum atomic E-state index is 13.9. The largest absolute Gasteiger partial charge is 0.480 e. The maximum Gasteiger partial charge on any atom is 0.329 e. The monoisotopic (exact) mass is 352 g/mol. The number of carbonyl (C=O) groups excluding carboxylic acids is 2. The molecule has 0 bridgehead atoms. The standard InChI is InChI=1S/C17H18F2N2O4/c18-11-3-4-13(12(19)8-11)21-9-10(7-14(21)22)15(23)20-17(16(24)25)5-1-2-6-17/h3-4,8,10H,1-2,5-7,9H2,(H,20,23)(H,24,25). The average molecular weight is 352 g/mol. The molecule has 1 aromatic rings. The molecule has 0 spiro atoms. The number of carbonyl (C=O) groups is 3. The zero-order valence-corrected chi connectivity index (χ0v) is 13.4. The van der Waals surface area contributed by atoms with E-state index < -0.39 is 40.9 Å². The van der Waals surface area contributed by atoms with E-state index in [1.54, 1.807) is 0 Å². The first-order valence-corrected chi connectivity index (χ1v) is 8.13. The van der Waals surface area contributed by atoms with Gasteiger partial charge in [-0.2, -0.15) is 0 Å². The van der Waals surface area contributed by atoms with Crippen LogP contribution in [-0.2, 0) is 14.4 Å². The van der Waals surface area contributed by atoms with Crippen LogP contribution in [0.4, 0.5) is 14.5 Å². The molecule has 6 nitrogen and oxygen atoms in total. The first-order valence-electron chi connectivity index (χ1n) is 8.13. The van der Waals surface area contributed by atoms with Gasteiger partial charge < -0.3 is 15.3 Å². The summed E-state index contributed by atoms with van der Waals surface area (Å²) in [5, 5.41) is 12.0. The molecule has 2 aliphatic rings. The average Bonchev–Trinajstić information content (AvgIpc) is 3.15. The normalized spacial score (nSPS) is 22.2. The lowest BCUT2D eigenvalue weighted by atomic mass is 9.96. The highest BCUT2D eigenvalue weighted by Crippen LogP contribution is 2.32. The van der Waals surface area contributed by atoms with E-state index in [-0.39, 0.29) is 18.7 Å². The fraction of sp³-hybridized carbons (Fsp3) is 0.471. The van der Waals surface area contributed by atoms with E-state index >= 15 is 0 Å². The molecule has 1 saturated carbocycles. The molecule has 1 aliphatic heterocycles. The van der Waals surface area contributed by atoms with Gasteiger partial charge in [-0.1, -0.05) is 12.8 Å². The minimum Gasteiger partial charge on any atom is -0.480 e. The van der Waals surface area contributed by atoms with Gasteiger partial charge in [0.15, 0.2) is 0 Å². The lowest BCUT2D eigenvalue weighted by molar-refractivity contribution is -0.148. The van der Waals surface area contributed by atoms with Crippen molar-refractivity contribution in [3.8, 4) is 0 Å². The molecule has 0 radical (unpaired) electrons. The number of aliphatic carboxylic acids is 1. The van der Waals surface area contributed by atoms with Crippen LogP contribution in [-0.4, -0.2) is 35.0 Å².